The van der Waals surface area contributed by atoms with Crippen molar-refractivity contribution in [1.29, 1.82) is 0 Å². The fourth-order valence-corrected chi connectivity index (χ4v) is 2.46. The minimum Gasteiger partial charge on any atom is -0.467 e. The molecule has 2 aromatic heterocycles. The maximum absolute atomic E-state index is 12.0. The van der Waals surface area contributed by atoms with E-state index < -0.39 is 0 Å². The molecule has 21 heavy (non-hydrogen) atoms. The second-order valence-corrected chi connectivity index (χ2v) is 5.15. The van der Waals surface area contributed by atoms with Crippen LogP contribution in [0.1, 0.15) is 16.2 Å². The molecule has 3 rings (SSSR count). The number of amides is 1. The number of nitrogens with one attached hydrogen (secondary N) is 2. The number of benzene rings is 1. The van der Waals surface area contributed by atoms with E-state index in [1.54, 1.807) is 17.7 Å². The number of para-hydroxylation sites is 1. The molecule has 0 atom stereocenters. The Bertz CT molecular complexity index is 708. The van der Waals surface area contributed by atoms with E-state index in [1.165, 1.54) is 11.3 Å². The summed E-state index contributed by atoms with van der Waals surface area (Å²) in [6, 6.07) is 13.3. The third kappa shape index (κ3) is 3.49. The van der Waals surface area contributed by atoms with Gasteiger partial charge in [0, 0.05) is 11.1 Å². The molecular formula is C15H13N3O2S. The lowest BCUT2D eigenvalue weighted by Crippen LogP contribution is -2.22. The summed E-state index contributed by atoms with van der Waals surface area (Å²) in [5.74, 6) is 0.491. The van der Waals surface area contributed by atoms with E-state index in [0.717, 1.165) is 5.69 Å². The van der Waals surface area contributed by atoms with Crippen molar-refractivity contribution in [2.45, 2.75) is 6.54 Å². The van der Waals surface area contributed by atoms with Gasteiger partial charge in [-0.15, -0.1) is 11.3 Å². The van der Waals surface area contributed by atoms with Gasteiger partial charge in [-0.3, -0.25) is 4.79 Å². The number of thiazole rings is 1. The molecular weight excluding hydrogens is 286 g/mol. The van der Waals surface area contributed by atoms with Gasteiger partial charge in [-0.05, 0) is 24.3 Å². The van der Waals surface area contributed by atoms with Crippen LogP contribution in [0.25, 0.3) is 0 Å². The molecule has 6 heteroatoms. The monoisotopic (exact) mass is 299 g/mol. The van der Waals surface area contributed by atoms with Crippen molar-refractivity contribution in [3.8, 4) is 0 Å². The normalized spacial score (nSPS) is 10.3. The molecule has 106 valence electrons. The Labute approximate surface area is 125 Å². The van der Waals surface area contributed by atoms with Crippen LogP contribution < -0.4 is 10.6 Å². The summed E-state index contributed by atoms with van der Waals surface area (Å²) in [6.45, 7) is 0.352. The molecule has 0 saturated carbocycles. The molecule has 0 unspecified atom stereocenters. The molecule has 0 aliphatic heterocycles. The highest BCUT2D eigenvalue weighted by atomic mass is 32.1. The summed E-state index contributed by atoms with van der Waals surface area (Å²) in [4.78, 5) is 16.2. The molecule has 3 aromatic rings. The Morgan fingerprint density at radius 2 is 2.05 bits per heavy atom. The van der Waals surface area contributed by atoms with Crippen molar-refractivity contribution in [2.24, 2.45) is 0 Å². The first-order chi connectivity index (χ1) is 10.3. The molecule has 1 aromatic carbocycles. The SMILES string of the molecule is O=C(NCc1ccco1)c1csc(Nc2ccccc2)n1. The lowest BCUT2D eigenvalue weighted by atomic mass is 10.3. The fourth-order valence-electron chi connectivity index (χ4n) is 1.75. The summed E-state index contributed by atoms with van der Waals surface area (Å²) < 4.78 is 5.16. The predicted molar refractivity (Wildman–Crippen MR) is 81.7 cm³/mol. The van der Waals surface area contributed by atoms with E-state index in [4.69, 9.17) is 4.42 Å². The highest BCUT2D eigenvalue weighted by Gasteiger charge is 2.11. The molecule has 0 saturated heterocycles. The minimum atomic E-state index is -0.219. The summed E-state index contributed by atoms with van der Waals surface area (Å²) >= 11 is 1.39. The summed E-state index contributed by atoms with van der Waals surface area (Å²) in [5.41, 5.74) is 1.33. The molecule has 5 nitrogen and oxygen atoms in total. The molecule has 0 fully saturated rings. The molecule has 0 spiro atoms. The summed E-state index contributed by atoms with van der Waals surface area (Å²) in [6.07, 6.45) is 1.58. The number of hydrogen-bond donors (Lipinski definition) is 2. The van der Waals surface area contributed by atoms with Crippen LogP contribution in [0.5, 0.6) is 0 Å². The van der Waals surface area contributed by atoms with E-state index >= 15 is 0 Å². The van der Waals surface area contributed by atoms with E-state index in [9.17, 15) is 4.79 Å². The standard InChI is InChI=1S/C15H13N3O2S/c19-14(16-9-12-7-4-8-20-12)13-10-21-15(18-13)17-11-5-2-1-3-6-11/h1-8,10H,9H2,(H,16,19)(H,17,18). The van der Waals surface area contributed by atoms with Gasteiger partial charge >= 0.3 is 0 Å². The van der Waals surface area contributed by atoms with Crippen molar-refractivity contribution in [3.05, 3.63) is 65.6 Å². The predicted octanol–water partition coefficient (Wildman–Crippen LogP) is 3.41. The van der Waals surface area contributed by atoms with Gasteiger partial charge in [0.05, 0.1) is 12.8 Å². The van der Waals surface area contributed by atoms with Gasteiger partial charge in [0.25, 0.3) is 5.91 Å². The van der Waals surface area contributed by atoms with Gasteiger partial charge in [0.15, 0.2) is 5.13 Å². The largest absolute Gasteiger partial charge is 0.467 e. The maximum Gasteiger partial charge on any atom is 0.271 e. The molecule has 0 radical (unpaired) electrons. The smallest absolute Gasteiger partial charge is 0.271 e. The zero-order valence-electron chi connectivity index (χ0n) is 11.1. The highest BCUT2D eigenvalue weighted by Crippen LogP contribution is 2.20. The second-order valence-electron chi connectivity index (χ2n) is 4.29. The number of anilines is 2. The Morgan fingerprint density at radius 3 is 2.81 bits per heavy atom. The first-order valence-electron chi connectivity index (χ1n) is 6.39. The first-order valence-corrected chi connectivity index (χ1v) is 7.27. The zero-order valence-corrected chi connectivity index (χ0v) is 11.9. The van der Waals surface area contributed by atoms with Crippen LogP contribution in [-0.4, -0.2) is 10.9 Å². The number of nitrogens with zero attached hydrogens (tertiary/aromatic N) is 1. The van der Waals surface area contributed by atoms with Crippen molar-refractivity contribution < 1.29 is 9.21 Å². The van der Waals surface area contributed by atoms with Crippen LogP contribution in [0, 0.1) is 0 Å². The highest BCUT2D eigenvalue weighted by molar-refractivity contribution is 7.14. The van der Waals surface area contributed by atoms with Crippen LogP contribution in [0.3, 0.4) is 0 Å². The van der Waals surface area contributed by atoms with Crippen LogP contribution in [0.4, 0.5) is 10.8 Å². The van der Waals surface area contributed by atoms with Crippen LogP contribution in [0.15, 0.2) is 58.5 Å². The van der Waals surface area contributed by atoms with E-state index in [2.05, 4.69) is 15.6 Å². The van der Waals surface area contributed by atoms with Gasteiger partial charge in [-0.2, -0.15) is 0 Å². The van der Waals surface area contributed by atoms with Crippen molar-refractivity contribution in [2.75, 3.05) is 5.32 Å². The van der Waals surface area contributed by atoms with Crippen LogP contribution >= 0.6 is 11.3 Å². The lowest BCUT2D eigenvalue weighted by molar-refractivity contribution is 0.0944. The average molecular weight is 299 g/mol. The number of furan rings is 1. The van der Waals surface area contributed by atoms with E-state index in [0.29, 0.717) is 23.1 Å². The van der Waals surface area contributed by atoms with Gasteiger partial charge in [-0.25, -0.2) is 4.98 Å². The Balaban J connectivity index is 1.60. The Kier molecular flexibility index (Phi) is 3.97. The topological polar surface area (TPSA) is 67.2 Å². The van der Waals surface area contributed by atoms with Crippen LogP contribution in [-0.2, 0) is 6.54 Å². The first kappa shape index (κ1) is 13.4. The van der Waals surface area contributed by atoms with Gasteiger partial charge in [0.1, 0.15) is 11.5 Å². The van der Waals surface area contributed by atoms with Crippen molar-refractivity contribution in [3.63, 3.8) is 0 Å². The molecule has 0 aliphatic carbocycles. The molecule has 0 bridgehead atoms. The van der Waals surface area contributed by atoms with Gasteiger partial charge in [-0.1, -0.05) is 18.2 Å². The number of carbonyl (C=O) groups excluding carboxylic acids is 1. The third-order valence-electron chi connectivity index (χ3n) is 2.77. The third-order valence-corrected chi connectivity index (χ3v) is 3.52. The zero-order chi connectivity index (χ0) is 14.5. The van der Waals surface area contributed by atoms with Gasteiger partial charge in [0.2, 0.25) is 0 Å². The molecule has 2 N–H and O–H groups in total. The molecule has 2 heterocycles. The molecule has 0 aliphatic rings. The quantitative estimate of drug-likeness (QED) is 0.757. The van der Waals surface area contributed by atoms with Crippen molar-refractivity contribution >= 4 is 28.1 Å². The van der Waals surface area contributed by atoms with E-state index in [-0.39, 0.29) is 5.91 Å². The number of rotatable bonds is 5. The van der Waals surface area contributed by atoms with Gasteiger partial charge < -0.3 is 15.1 Å². The van der Waals surface area contributed by atoms with Crippen LogP contribution in [0.2, 0.25) is 0 Å². The summed E-state index contributed by atoms with van der Waals surface area (Å²) in [7, 11) is 0. The minimum absolute atomic E-state index is 0.219. The molecule has 1 amide bonds. The number of aromatic nitrogens is 1. The average Bonchev–Trinajstić information content (AvgIpc) is 3.17. The van der Waals surface area contributed by atoms with E-state index in [1.807, 2.05) is 36.4 Å². The van der Waals surface area contributed by atoms with Crippen molar-refractivity contribution in [1.82, 2.24) is 10.3 Å². The Hall–Kier alpha value is -2.60. The fraction of sp³-hybridized carbons (Fsp3) is 0.0667. The Morgan fingerprint density at radius 1 is 1.19 bits per heavy atom. The maximum atomic E-state index is 12.0. The second kappa shape index (κ2) is 6.23. The lowest BCUT2D eigenvalue weighted by Gasteiger charge is -2.01. The summed E-state index contributed by atoms with van der Waals surface area (Å²) in [5, 5.41) is 8.33. The number of hydrogen-bond acceptors (Lipinski definition) is 5. The number of carbonyl (C=O) groups is 1.